The summed E-state index contributed by atoms with van der Waals surface area (Å²) >= 11 is 0. The van der Waals surface area contributed by atoms with Gasteiger partial charge in [0.25, 0.3) is 5.91 Å². The second kappa shape index (κ2) is 6.35. The fraction of sp³-hybridized carbons (Fsp3) is 0.312. The van der Waals surface area contributed by atoms with Crippen molar-refractivity contribution >= 4 is 17.3 Å². The molecule has 0 fully saturated rings. The summed E-state index contributed by atoms with van der Waals surface area (Å²) in [7, 11) is 0. The third-order valence-electron chi connectivity index (χ3n) is 3.19. The van der Waals surface area contributed by atoms with Crippen LogP contribution >= 0.6 is 0 Å². The van der Waals surface area contributed by atoms with Gasteiger partial charge in [-0.05, 0) is 51.1 Å². The van der Waals surface area contributed by atoms with Gasteiger partial charge in [-0.25, -0.2) is 0 Å². The molecule has 112 valence electrons. The molecule has 21 heavy (non-hydrogen) atoms. The molecule has 0 saturated heterocycles. The Hall–Kier alpha value is -2.43. The molecule has 5 nitrogen and oxygen atoms in total. The zero-order chi connectivity index (χ0) is 15.4. The standard InChI is InChI=1S/C16H21N3O2/c1-4-18-16(20)13-7-6-12(17)9-14(13)19-11(3)15-8-5-10(2)21-15/h5-9,11,19H,4,17H2,1-3H3,(H,18,20). The molecule has 1 amide bonds. The average Bonchev–Trinajstić information content (AvgIpc) is 2.86. The Morgan fingerprint density at radius 1 is 1.33 bits per heavy atom. The van der Waals surface area contributed by atoms with Crippen molar-refractivity contribution in [3.8, 4) is 0 Å². The largest absolute Gasteiger partial charge is 0.464 e. The average molecular weight is 287 g/mol. The molecule has 2 rings (SSSR count). The van der Waals surface area contributed by atoms with Crippen molar-refractivity contribution in [3.05, 3.63) is 47.4 Å². The molecule has 1 heterocycles. The monoisotopic (exact) mass is 287 g/mol. The molecule has 0 aliphatic heterocycles. The van der Waals surface area contributed by atoms with Gasteiger partial charge in [-0.1, -0.05) is 0 Å². The highest BCUT2D eigenvalue weighted by molar-refractivity contribution is 6.00. The minimum Gasteiger partial charge on any atom is -0.464 e. The van der Waals surface area contributed by atoms with E-state index in [1.165, 1.54) is 0 Å². The second-order valence-electron chi connectivity index (χ2n) is 4.98. The molecule has 5 heteroatoms. The van der Waals surface area contributed by atoms with Crippen LogP contribution in [-0.4, -0.2) is 12.5 Å². The lowest BCUT2D eigenvalue weighted by molar-refractivity contribution is 0.0956. The number of furan rings is 1. The quantitative estimate of drug-likeness (QED) is 0.738. The first kappa shape index (κ1) is 15.0. The van der Waals surface area contributed by atoms with E-state index in [1.54, 1.807) is 18.2 Å². The first-order chi connectivity index (χ1) is 10.0. The van der Waals surface area contributed by atoms with E-state index in [0.29, 0.717) is 23.5 Å². The number of carbonyl (C=O) groups is 1. The van der Waals surface area contributed by atoms with Gasteiger partial charge < -0.3 is 20.8 Å². The molecule has 1 aromatic heterocycles. The Kier molecular flexibility index (Phi) is 4.52. The Morgan fingerprint density at radius 2 is 2.10 bits per heavy atom. The van der Waals surface area contributed by atoms with Gasteiger partial charge in [-0.3, -0.25) is 4.79 Å². The molecule has 4 N–H and O–H groups in total. The minimum atomic E-state index is -0.122. The lowest BCUT2D eigenvalue weighted by Gasteiger charge is -2.17. The Bertz CT molecular complexity index is 634. The number of benzene rings is 1. The molecule has 0 spiro atoms. The number of amides is 1. The summed E-state index contributed by atoms with van der Waals surface area (Å²) in [6.07, 6.45) is 0. The van der Waals surface area contributed by atoms with Gasteiger partial charge >= 0.3 is 0 Å². The number of nitrogen functional groups attached to an aromatic ring is 1. The van der Waals surface area contributed by atoms with E-state index >= 15 is 0 Å². The highest BCUT2D eigenvalue weighted by Crippen LogP contribution is 2.25. The van der Waals surface area contributed by atoms with Crippen molar-refractivity contribution in [1.82, 2.24) is 5.32 Å². The summed E-state index contributed by atoms with van der Waals surface area (Å²) in [5.41, 5.74) is 7.70. The van der Waals surface area contributed by atoms with E-state index in [2.05, 4.69) is 10.6 Å². The Morgan fingerprint density at radius 3 is 2.71 bits per heavy atom. The fourth-order valence-electron chi connectivity index (χ4n) is 2.13. The minimum absolute atomic E-state index is 0.0614. The molecule has 1 aromatic carbocycles. The van der Waals surface area contributed by atoms with Crippen LogP contribution in [0.25, 0.3) is 0 Å². The van der Waals surface area contributed by atoms with Gasteiger partial charge in [0.05, 0.1) is 11.6 Å². The van der Waals surface area contributed by atoms with E-state index < -0.39 is 0 Å². The van der Waals surface area contributed by atoms with Gasteiger partial charge in [-0.15, -0.1) is 0 Å². The van der Waals surface area contributed by atoms with Crippen molar-refractivity contribution in [3.63, 3.8) is 0 Å². The Labute approximate surface area is 124 Å². The van der Waals surface area contributed by atoms with Crippen molar-refractivity contribution in [2.24, 2.45) is 0 Å². The maximum Gasteiger partial charge on any atom is 0.253 e. The number of hydrogen-bond acceptors (Lipinski definition) is 4. The number of hydrogen-bond donors (Lipinski definition) is 3. The topological polar surface area (TPSA) is 80.3 Å². The second-order valence-corrected chi connectivity index (χ2v) is 4.98. The van der Waals surface area contributed by atoms with Crippen LogP contribution in [0, 0.1) is 6.92 Å². The van der Waals surface area contributed by atoms with E-state index in [0.717, 1.165) is 11.5 Å². The normalized spacial score (nSPS) is 12.0. The molecule has 0 aliphatic rings. The third kappa shape index (κ3) is 3.56. The number of nitrogens with two attached hydrogens (primary N) is 1. The predicted molar refractivity (Wildman–Crippen MR) is 84.3 cm³/mol. The van der Waals surface area contributed by atoms with E-state index in [4.69, 9.17) is 10.2 Å². The summed E-state index contributed by atoms with van der Waals surface area (Å²) in [5.74, 6) is 1.55. The van der Waals surface area contributed by atoms with Gasteiger partial charge in [0.2, 0.25) is 0 Å². The SMILES string of the molecule is CCNC(=O)c1ccc(N)cc1NC(C)c1ccc(C)o1. The van der Waals surface area contributed by atoms with Crippen LogP contribution in [0.3, 0.4) is 0 Å². The van der Waals surface area contributed by atoms with E-state index in [1.807, 2.05) is 32.9 Å². The highest BCUT2D eigenvalue weighted by atomic mass is 16.3. The molecule has 1 atom stereocenters. The van der Waals surface area contributed by atoms with Gasteiger partial charge in [0.15, 0.2) is 0 Å². The first-order valence-electron chi connectivity index (χ1n) is 7.02. The van der Waals surface area contributed by atoms with Gasteiger partial charge in [-0.2, -0.15) is 0 Å². The summed E-state index contributed by atoms with van der Waals surface area (Å²) in [5, 5.41) is 6.08. The smallest absolute Gasteiger partial charge is 0.253 e. The van der Waals surface area contributed by atoms with Crippen LogP contribution in [0.2, 0.25) is 0 Å². The molecule has 0 saturated carbocycles. The number of carbonyl (C=O) groups excluding carboxylic acids is 1. The van der Waals surface area contributed by atoms with Crippen LogP contribution < -0.4 is 16.4 Å². The third-order valence-corrected chi connectivity index (χ3v) is 3.19. The summed E-state index contributed by atoms with van der Waals surface area (Å²) in [6, 6.07) is 8.98. The lowest BCUT2D eigenvalue weighted by Crippen LogP contribution is -2.24. The molecule has 0 bridgehead atoms. The Balaban J connectivity index is 2.25. The number of nitrogens with one attached hydrogen (secondary N) is 2. The van der Waals surface area contributed by atoms with Crippen LogP contribution in [0.15, 0.2) is 34.7 Å². The lowest BCUT2D eigenvalue weighted by atomic mass is 10.1. The number of anilines is 2. The van der Waals surface area contributed by atoms with Crippen molar-refractivity contribution in [2.45, 2.75) is 26.8 Å². The number of rotatable bonds is 5. The molecular weight excluding hydrogens is 266 g/mol. The van der Waals surface area contributed by atoms with E-state index in [-0.39, 0.29) is 11.9 Å². The summed E-state index contributed by atoms with van der Waals surface area (Å²) < 4.78 is 5.60. The highest BCUT2D eigenvalue weighted by Gasteiger charge is 2.15. The van der Waals surface area contributed by atoms with Crippen LogP contribution in [0.5, 0.6) is 0 Å². The van der Waals surface area contributed by atoms with E-state index in [9.17, 15) is 4.79 Å². The maximum atomic E-state index is 12.1. The molecular formula is C16H21N3O2. The predicted octanol–water partition coefficient (Wildman–Crippen LogP) is 3.09. The van der Waals surface area contributed by atoms with Crippen LogP contribution in [-0.2, 0) is 0 Å². The molecule has 0 aliphatic carbocycles. The zero-order valence-corrected chi connectivity index (χ0v) is 12.6. The molecule has 0 radical (unpaired) electrons. The van der Waals surface area contributed by atoms with Crippen molar-refractivity contribution in [1.29, 1.82) is 0 Å². The fourth-order valence-corrected chi connectivity index (χ4v) is 2.13. The maximum absolute atomic E-state index is 12.1. The van der Waals surface area contributed by atoms with Crippen molar-refractivity contribution in [2.75, 3.05) is 17.6 Å². The zero-order valence-electron chi connectivity index (χ0n) is 12.6. The molecule has 2 aromatic rings. The van der Waals surface area contributed by atoms with Crippen molar-refractivity contribution < 1.29 is 9.21 Å². The summed E-state index contributed by atoms with van der Waals surface area (Å²) in [4.78, 5) is 12.1. The molecule has 1 unspecified atom stereocenters. The van der Waals surface area contributed by atoms with Gasteiger partial charge in [0, 0.05) is 17.9 Å². The van der Waals surface area contributed by atoms with Gasteiger partial charge in [0.1, 0.15) is 11.5 Å². The van der Waals surface area contributed by atoms with Crippen LogP contribution in [0.4, 0.5) is 11.4 Å². The first-order valence-corrected chi connectivity index (χ1v) is 7.02. The summed E-state index contributed by atoms with van der Waals surface area (Å²) in [6.45, 7) is 6.34. The van der Waals surface area contributed by atoms with Crippen LogP contribution in [0.1, 0.15) is 41.8 Å². The number of aryl methyl sites for hydroxylation is 1.